The fraction of sp³-hybridized carbons (Fsp3) is 0.625. The van der Waals surface area contributed by atoms with Crippen molar-refractivity contribution in [2.75, 3.05) is 13.2 Å². The van der Waals surface area contributed by atoms with E-state index in [1.165, 1.54) is 0 Å². The van der Waals surface area contributed by atoms with Crippen LogP contribution in [0, 0.1) is 39.5 Å². The first-order valence-corrected chi connectivity index (χ1v) is 14.6. The highest BCUT2D eigenvalue weighted by Gasteiger charge is 2.42. The molecule has 2 saturated carbocycles. The van der Waals surface area contributed by atoms with E-state index in [1.807, 2.05) is 55.4 Å². The van der Waals surface area contributed by atoms with Crippen LogP contribution in [0.2, 0.25) is 0 Å². The van der Waals surface area contributed by atoms with Crippen molar-refractivity contribution >= 4 is 34.6 Å². The van der Waals surface area contributed by atoms with Crippen LogP contribution in [0.5, 0.6) is 0 Å². The van der Waals surface area contributed by atoms with Crippen LogP contribution in [0.3, 0.4) is 0 Å². The van der Waals surface area contributed by atoms with Crippen LogP contribution < -0.4 is 0 Å². The third-order valence-corrected chi connectivity index (χ3v) is 8.65. The van der Waals surface area contributed by atoms with Crippen LogP contribution in [-0.2, 0) is 28.9 Å². The molecule has 3 rings (SSSR count). The van der Waals surface area contributed by atoms with E-state index < -0.39 is 11.8 Å². The first kappa shape index (κ1) is 31.4. The summed E-state index contributed by atoms with van der Waals surface area (Å²) in [6.07, 6.45) is 2.03. The van der Waals surface area contributed by atoms with Crippen molar-refractivity contribution in [2.45, 2.75) is 106 Å². The Morgan fingerprint density at radius 1 is 0.575 bits per heavy atom. The highest BCUT2D eigenvalue weighted by Crippen LogP contribution is 2.43. The Morgan fingerprint density at radius 2 is 0.850 bits per heavy atom. The number of ketones is 4. The van der Waals surface area contributed by atoms with Gasteiger partial charge in [0.25, 0.3) is 0 Å². The third kappa shape index (κ3) is 6.11. The summed E-state index contributed by atoms with van der Waals surface area (Å²) in [5.41, 5.74) is 7.14. The summed E-state index contributed by atoms with van der Waals surface area (Å²) in [5.74, 6) is -2.56. The monoisotopic (exact) mass is 552 g/mol. The van der Waals surface area contributed by atoms with Gasteiger partial charge in [-0.1, -0.05) is 24.2 Å². The molecule has 0 amide bonds. The molecule has 0 bridgehead atoms. The highest BCUT2D eigenvalue weighted by molar-refractivity contribution is 6.23. The Labute approximate surface area is 237 Å². The number of carbonyl (C=O) groups is 4. The number of hydrogen-bond donors (Lipinski definition) is 0. The van der Waals surface area contributed by atoms with Crippen molar-refractivity contribution in [1.82, 2.24) is 0 Å². The van der Waals surface area contributed by atoms with Crippen LogP contribution >= 0.6 is 0 Å². The standard InChI is InChI=1S/C32H44N2O6/c1-9-23(33-39-11-3)31-25(35)13-21(14-26(31)36)29-17(5)19(7)30(20(8)18(29)6)22-15-27(37)32(28(38)16-22)24(10-2)34-40-12-4/h21-22,31-32H,9-16H2,1-8H3/b33-23-,34-24-. The Hall–Kier alpha value is -3.16. The van der Waals surface area contributed by atoms with Gasteiger partial charge < -0.3 is 9.68 Å². The molecule has 2 aliphatic carbocycles. The zero-order chi connectivity index (χ0) is 29.7. The number of carbonyl (C=O) groups excluding carboxylic acids is 4. The molecule has 0 saturated heterocycles. The molecular weight excluding hydrogens is 508 g/mol. The van der Waals surface area contributed by atoms with Crippen molar-refractivity contribution < 1.29 is 28.9 Å². The van der Waals surface area contributed by atoms with Crippen LogP contribution in [0.25, 0.3) is 0 Å². The normalized spacial score (nSPS) is 24.5. The predicted octanol–water partition coefficient (Wildman–Crippen LogP) is 5.79. The van der Waals surface area contributed by atoms with Gasteiger partial charge in [0.2, 0.25) is 0 Å². The molecule has 0 N–H and O–H groups in total. The van der Waals surface area contributed by atoms with Gasteiger partial charge in [-0.25, -0.2) is 0 Å². The smallest absolute Gasteiger partial charge is 0.149 e. The molecule has 0 unspecified atom stereocenters. The first-order chi connectivity index (χ1) is 19.0. The lowest BCUT2D eigenvalue weighted by molar-refractivity contribution is -0.135. The molecule has 1 aromatic rings. The third-order valence-electron chi connectivity index (χ3n) is 8.65. The van der Waals surface area contributed by atoms with Crippen molar-refractivity contribution in [1.29, 1.82) is 0 Å². The number of benzene rings is 1. The van der Waals surface area contributed by atoms with Gasteiger partial charge in [-0.05, 0) is 99.6 Å². The number of hydrogen-bond acceptors (Lipinski definition) is 8. The first-order valence-electron chi connectivity index (χ1n) is 14.6. The van der Waals surface area contributed by atoms with Gasteiger partial charge in [0.05, 0.1) is 11.4 Å². The Bertz CT molecular complexity index is 1080. The van der Waals surface area contributed by atoms with Crippen LogP contribution in [-0.4, -0.2) is 47.8 Å². The summed E-state index contributed by atoms with van der Waals surface area (Å²) in [6, 6.07) is 0. The molecule has 0 atom stereocenters. The van der Waals surface area contributed by atoms with Gasteiger partial charge in [-0.3, -0.25) is 19.2 Å². The molecule has 1 aromatic carbocycles. The lowest BCUT2D eigenvalue weighted by Gasteiger charge is -2.34. The number of Topliss-reactive ketones (excluding diaryl/α,β-unsaturated/α-hetero) is 4. The van der Waals surface area contributed by atoms with Crippen LogP contribution in [0.15, 0.2) is 10.3 Å². The van der Waals surface area contributed by atoms with Gasteiger partial charge >= 0.3 is 0 Å². The van der Waals surface area contributed by atoms with E-state index in [1.54, 1.807) is 0 Å². The summed E-state index contributed by atoms with van der Waals surface area (Å²) in [5, 5.41) is 8.13. The maximum absolute atomic E-state index is 13.3. The molecule has 2 fully saturated rings. The number of oxime groups is 2. The van der Waals surface area contributed by atoms with Crippen molar-refractivity contribution in [3.8, 4) is 0 Å². The predicted molar refractivity (Wildman–Crippen MR) is 155 cm³/mol. The number of rotatable bonds is 10. The lowest BCUT2D eigenvalue weighted by atomic mass is 9.68. The maximum atomic E-state index is 13.3. The van der Waals surface area contributed by atoms with Crippen molar-refractivity contribution in [3.05, 3.63) is 33.4 Å². The average molecular weight is 553 g/mol. The van der Waals surface area contributed by atoms with Gasteiger partial charge in [0.1, 0.15) is 48.2 Å². The van der Waals surface area contributed by atoms with Crippen LogP contribution in [0.1, 0.15) is 111 Å². The molecule has 8 nitrogen and oxygen atoms in total. The van der Waals surface area contributed by atoms with Gasteiger partial charge in [0, 0.05) is 25.7 Å². The van der Waals surface area contributed by atoms with Gasteiger partial charge in [-0.2, -0.15) is 0 Å². The molecule has 0 aromatic heterocycles. The van der Waals surface area contributed by atoms with E-state index in [9.17, 15) is 19.2 Å². The summed E-state index contributed by atoms with van der Waals surface area (Å²) < 4.78 is 0. The van der Waals surface area contributed by atoms with Crippen LogP contribution in [0.4, 0.5) is 0 Å². The Balaban J connectivity index is 1.93. The zero-order valence-electron chi connectivity index (χ0n) is 25.3. The molecule has 0 heterocycles. The van der Waals surface area contributed by atoms with Gasteiger partial charge in [-0.15, -0.1) is 0 Å². The molecular formula is C32H44N2O6. The van der Waals surface area contributed by atoms with Gasteiger partial charge in [0.15, 0.2) is 0 Å². The van der Waals surface area contributed by atoms with E-state index in [2.05, 4.69) is 10.3 Å². The minimum atomic E-state index is -0.832. The summed E-state index contributed by atoms with van der Waals surface area (Å²) in [7, 11) is 0. The van der Waals surface area contributed by atoms with E-state index in [-0.39, 0.29) is 60.7 Å². The van der Waals surface area contributed by atoms with E-state index in [0.29, 0.717) is 37.5 Å². The van der Waals surface area contributed by atoms with Crippen molar-refractivity contribution in [3.63, 3.8) is 0 Å². The van der Waals surface area contributed by atoms with Crippen molar-refractivity contribution in [2.24, 2.45) is 22.1 Å². The molecule has 0 radical (unpaired) electrons. The maximum Gasteiger partial charge on any atom is 0.149 e. The van der Waals surface area contributed by atoms with E-state index in [0.717, 1.165) is 33.4 Å². The minimum Gasteiger partial charge on any atom is -0.396 e. The molecule has 2 aliphatic rings. The summed E-state index contributed by atoms with van der Waals surface area (Å²) in [4.78, 5) is 63.4. The molecule has 0 aliphatic heterocycles. The van der Waals surface area contributed by atoms with E-state index >= 15 is 0 Å². The second-order valence-corrected chi connectivity index (χ2v) is 11.0. The minimum absolute atomic E-state index is 0.116. The summed E-state index contributed by atoms with van der Waals surface area (Å²) >= 11 is 0. The second kappa shape index (κ2) is 13.5. The molecule has 218 valence electrons. The Morgan fingerprint density at radius 3 is 1.07 bits per heavy atom. The quantitative estimate of drug-likeness (QED) is 0.206. The number of nitrogens with zero attached hydrogens (tertiary/aromatic N) is 2. The lowest BCUT2D eigenvalue weighted by Crippen LogP contribution is -2.39. The molecule has 8 heteroatoms. The Kier molecular flexibility index (Phi) is 10.6. The fourth-order valence-corrected chi connectivity index (χ4v) is 6.63. The molecule has 40 heavy (non-hydrogen) atoms. The fourth-order valence-electron chi connectivity index (χ4n) is 6.63. The van der Waals surface area contributed by atoms with E-state index in [4.69, 9.17) is 9.68 Å². The largest absolute Gasteiger partial charge is 0.396 e. The highest BCUT2D eigenvalue weighted by atomic mass is 16.6. The average Bonchev–Trinajstić information content (AvgIpc) is 2.90. The SMILES string of the molecule is CCO/N=C(/CC)C1C(=O)CC(c2c(C)c(C)c(C3CC(=O)C(/C(CC)=N\OCC)C(=O)C3)c(C)c2C)CC1=O. The topological polar surface area (TPSA) is 111 Å². The molecule has 0 spiro atoms. The second-order valence-electron chi connectivity index (χ2n) is 11.0. The summed E-state index contributed by atoms with van der Waals surface area (Å²) in [6.45, 7) is 16.2. The zero-order valence-corrected chi connectivity index (χ0v) is 25.3.